The molecule has 0 spiro atoms. The standard InChI is InChI=1S/C31H32N4O8S/c1-41-26-8-3-6-24(19-26)30(37)32-15-17-43-28-18-22(21-35-16-5-14-33-35)10-11-23(28)12-13-29(36)34-44(39,40)27-9-4-7-25(20-27)31(38)42-2/h3-11,14,16,18-20H,12-13,15,17,21H2,1-2H3,(H,32,37)(H,34,36). The number of hydrogen-bond acceptors (Lipinski definition) is 9. The first-order valence-electron chi connectivity index (χ1n) is 13.6. The fraction of sp³-hybridized carbons (Fsp3) is 0.226. The molecule has 2 amide bonds. The summed E-state index contributed by atoms with van der Waals surface area (Å²) in [6.45, 7) is 0.840. The molecule has 44 heavy (non-hydrogen) atoms. The Kier molecular flexibility index (Phi) is 10.7. The SMILES string of the molecule is COC(=O)c1cccc(S(=O)(=O)NC(=O)CCc2ccc(Cn3cccn3)cc2OCCNC(=O)c2cccc(OC)c2)c1. The van der Waals surface area contributed by atoms with Crippen molar-refractivity contribution in [1.29, 1.82) is 0 Å². The van der Waals surface area contributed by atoms with Crippen LogP contribution in [-0.4, -0.2) is 63.4 Å². The van der Waals surface area contributed by atoms with E-state index in [1.54, 1.807) is 35.1 Å². The van der Waals surface area contributed by atoms with Crippen molar-refractivity contribution < 1.29 is 37.0 Å². The van der Waals surface area contributed by atoms with Gasteiger partial charge in [0.15, 0.2) is 0 Å². The third kappa shape index (κ3) is 8.67. The molecule has 0 radical (unpaired) electrons. The molecule has 0 aliphatic heterocycles. The van der Waals surface area contributed by atoms with E-state index in [0.29, 0.717) is 29.2 Å². The molecule has 0 unspecified atom stereocenters. The first-order chi connectivity index (χ1) is 21.2. The molecule has 1 aromatic heterocycles. The van der Waals surface area contributed by atoms with Gasteiger partial charge in [-0.25, -0.2) is 17.9 Å². The fourth-order valence-corrected chi connectivity index (χ4v) is 5.29. The number of ether oxygens (including phenoxy) is 3. The second-order valence-electron chi connectivity index (χ2n) is 9.53. The van der Waals surface area contributed by atoms with Crippen LogP contribution in [0.4, 0.5) is 0 Å². The van der Waals surface area contributed by atoms with Crippen LogP contribution in [0.25, 0.3) is 0 Å². The molecule has 0 atom stereocenters. The zero-order valence-electron chi connectivity index (χ0n) is 24.2. The van der Waals surface area contributed by atoms with Crippen LogP contribution in [0, 0.1) is 0 Å². The second-order valence-corrected chi connectivity index (χ2v) is 11.2. The van der Waals surface area contributed by atoms with Crippen LogP contribution in [0.2, 0.25) is 0 Å². The smallest absolute Gasteiger partial charge is 0.337 e. The van der Waals surface area contributed by atoms with Gasteiger partial charge in [-0.2, -0.15) is 5.10 Å². The van der Waals surface area contributed by atoms with Gasteiger partial charge >= 0.3 is 5.97 Å². The lowest BCUT2D eigenvalue weighted by atomic mass is 10.1. The quantitative estimate of drug-likeness (QED) is 0.160. The highest BCUT2D eigenvalue weighted by molar-refractivity contribution is 7.90. The lowest BCUT2D eigenvalue weighted by molar-refractivity contribution is -0.119. The van der Waals surface area contributed by atoms with Gasteiger partial charge in [0, 0.05) is 24.4 Å². The van der Waals surface area contributed by atoms with E-state index < -0.39 is 21.9 Å². The van der Waals surface area contributed by atoms with Crippen LogP contribution in [0.15, 0.2) is 90.1 Å². The average Bonchev–Trinajstić information content (AvgIpc) is 3.55. The Morgan fingerprint density at radius 3 is 2.48 bits per heavy atom. The number of amides is 2. The Hall–Kier alpha value is -5.17. The van der Waals surface area contributed by atoms with Crippen LogP contribution in [0.1, 0.15) is 38.3 Å². The van der Waals surface area contributed by atoms with Crippen molar-refractivity contribution >= 4 is 27.8 Å². The minimum absolute atomic E-state index is 0.0412. The summed E-state index contributed by atoms with van der Waals surface area (Å²) in [5.74, 6) is -0.650. The molecular weight excluding hydrogens is 588 g/mol. The molecule has 0 aliphatic rings. The number of hydrogen-bond donors (Lipinski definition) is 2. The molecule has 0 saturated carbocycles. The van der Waals surface area contributed by atoms with E-state index in [2.05, 4.69) is 15.2 Å². The highest BCUT2D eigenvalue weighted by Crippen LogP contribution is 2.23. The van der Waals surface area contributed by atoms with Gasteiger partial charge in [0.1, 0.15) is 18.1 Å². The monoisotopic (exact) mass is 620 g/mol. The van der Waals surface area contributed by atoms with Crippen molar-refractivity contribution in [2.45, 2.75) is 24.3 Å². The molecule has 13 heteroatoms. The molecule has 12 nitrogen and oxygen atoms in total. The highest BCUT2D eigenvalue weighted by atomic mass is 32.2. The van der Waals surface area contributed by atoms with E-state index in [9.17, 15) is 22.8 Å². The van der Waals surface area contributed by atoms with Gasteiger partial charge in [-0.1, -0.05) is 24.3 Å². The van der Waals surface area contributed by atoms with Gasteiger partial charge in [-0.05, 0) is 66.1 Å². The summed E-state index contributed by atoms with van der Waals surface area (Å²) in [5, 5.41) is 7.03. The molecule has 0 aliphatic carbocycles. The Morgan fingerprint density at radius 1 is 0.932 bits per heavy atom. The zero-order chi connectivity index (χ0) is 31.5. The third-order valence-electron chi connectivity index (χ3n) is 6.45. The lowest BCUT2D eigenvalue weighted by Crippen LogP contribution is -2.31. The van der Waals surface area contributed by atoms with Gasteiger partial charge in [-0.15, -0.1) is 0 Å². The summed E-state index contributed by atoms with van der Waals surface area (Å²) >= 11 is 0. The van der Waals surface area contributed by atoms with E-state index in [0.717, 1.165) is 11.6 Å². The van der Waals surface area contributed by atoms with Crippen LogP contribution in [0.5, 0.6) is 11.5 Å². The summed E-state index contributed by atoms with van der Waals surface area (Å²) in [6.07, 6.45) is 3.53. The number of aryl methyl sites for hydroxylation is 1. The maximum absolute atomic E-state index is 12.8. The van der Waals surface area contributed by atoms with Gasteiger partial charge in [0.05, 0.1) is 37.8 Å². The Bertz CT molecular complexity index is 1720. The first-order valence-corrected chi connectivity index (χ1v) is 15.0. The number of aromatic nitrogens is 2. The summed E-state index contributed by atoms with van der Waals surface area (Å²) in [4.78, 5) is 36.8. The molecule has 0 saturated heterocycles. The number of carbonyl (C=O) groups is 3. The largest absolute Gasteiger partial charge is 0.497 e. The van der Waals surface area contributed by atoms with E-state index >= 15 is 0 Å². The predicted molar refractivity (Wildman–Crippen MR) is 160 cm³/mol. The normalized spacial score (nSPS) is 11.0. The lowest BCUT2D eigenvalue weighted by Gasteiger charge is -2.14. The van der Waals surface area contributed by atoms with Crippen molar-refractivity contribution in [1.82, 2.24) is 19.8 Å². The Labute approximate surface area is 255 Å². The molecule has 3 aromatic carbocycles. The highest BCUT2D eigenvalue weighted by Gasteiger charge is 2.20. The van der Waals surface area contributed by atoms with Crippen molar-refractivity contribution in [3.8, 4) is 11.5 Å². The number of carbonyl (C=O) groups excluding carboxylic acids is 3. The molecule has 2 N–H and O–H groups in total. The number of rotatable bonds is 14. The molecular formula is C31H32N4O8S. The van der Waals surface area contributed by atoms with Gasteiger partial charge < -0.3 is 19.5 Å². The van der Waals surface area contributed by atoms with E-state index in [4.69, 9.17) is 9.47 Å². The minimum Gasteiger partial charge on any atom is -0.497 e. The van der Waals surface area contributed by atoms with Crippen LogP contribution in [-0.2, 0) is 32.5 Å². The number of esters is 1. The second kappa shape index (κ2) is 14.8. The number of benzene rings is 3. The van der Waals surface area contributed by atoms with Crippen molar-refractivity contribution in [2.75, 3.05) is 27.4 Å². The van der Waals surface area contributed by atoms with Crippen LogP contribution < -0.4 is 19.5 Å². The van der Waals surface area contributed by atoms with Crippen LogP contribution >= 0.6 is 0 Å². The van der Waals surface area contributed by atoms with E-state index in [-0.39, 0.29) is 42.4 Å². The maximum Gasteiger partial charge on any atom is 0.337 e. The zero-order valence-corrected chi connectivity index (χ0v) is 25.0. The minimum atomic E-state index is -4.22. The summed E-state index contributed by atoms with van der Waals surface area (Å²) < 4.78 is 45.2. The topological polar surface area (TPSA) is 155 Å². The predicted octanol–water partition coefficient (Wildman–Crippen LogP) is 2.97. The average molecular weight is 621 g/mol. The van der Waals surface area contributed by atoms with Gasteiger partial charge in [-0.3, -0.25) is 14.3 Å². The molecule has 0 bridgehead atoms. The molecule has 230 valence electrons. The van der Waals surface area contributed by atoms with Crippen LogP contribution in [0.3, 0.4) is 0 Å². The van der Waals surface area contributed by atoms with Crippen molar-refractivity contribution in [2.24, 2.45) is 0 Å². The molecule has 4 aromatic rings. The molecule has 1 heterocycles. The fourth-order valence-electron chi connectivity index (χ4n) is 4.23. The van der Waals surface area contributed by atoms with Gasteiger partial charge in [0.2, 0.25) is 5.91 Å². The van der Waals surface area contributed by atoms with Crippen molar-refractivity contribution in [3.05, 3.63) is 107 Å². The summed E-state index contributed by atoms with van der Waals surface area (Å²) in [5.41, 5.74) is 2.06. The number of nitrogens with zero attached hydrogens (tertiary/aromatic N) is 2. The number of nitrogens with one attached hydrogen (secondary N) is 2. The van der Waals surface area contributed by atoms with Gasteiger partial charge in [0.25, 0.3) is 15.9 Å². The molecule has 4 rings (SSSR count). The Morgan fingerprint density at radius 2 is 1.73 bits per heavy atom. The number of sulfonamides is 1. The van der Waals surface area contributed by atoms with E-state index in [1.807, 2.05) is 35.2 Å². The number of methoxy groups -OCH3 is 2. The Balaban J connectivity index is 1.40. The third-order valence-corrected chi connectivity index (χ3v) is 7.82. The van der Waals surface area contributed by atoms with E-state index in [1.165, 1.54) is 32.4 Å². The van der Waals surface area contributed by atoms with Crippen molar-refractivity contribution in [3.63, 3.8) is 0 Å². The maximum atomic E-state index is 12.8. The molecule has 0 fully saturated rings. The summed E-state index contributed by atoms with van der Waals surface area (Å²) in [7, 11) is -1.51. The summed E-state index contributed by atoms with van der Waals surface area (Å²) in [6, 6.07) is 19.3. The first kappa shape index (κ1) is 31.8.